The van der Waals surface area contributed by atoms with Gasteiger partial charge in [-0.25, -0.2) is 4.98 Å². The van der Waals surface area contributed by atoms with Crippen molar-refractivity contribution >= 4 is 46.0 Å². The Morgan fingerprint density at radius 1 is 0.828 bits per heavy atom. The fraction of sp³-hybridized carbons (Fsp3) is 0.409. The van der Waals surface area contributed by atoms with Gasteiger partial charge in [-0.05, 0) is 73.7 Å². The first-order chi connectivity index (χ1) is 28.2. The number of halogens is 1. The van der Waals surface area contributed by atoms with Gasteiger partial charge in [0.05, 0.1) is 52.0 Å². The highest BCUT2D eigenvalue weighted by Crippen LogP contribution is 2.40. The molecule has 14 heteroatoms. The van der Waals surface area contributed by atoms with Crippen LogP contribution in [0.3, 0.4) is 0 Å². The summed E-state index contributed by atoms with van der Waals surface area (Å²) in [5.74, 6) is 2.61. The van der Waals surface area contributed by atoms with Gasteiger partial charge in [-0.1, -0.05) is 41.9 Å². The van der Waals surface area contributed by atoms with Gasteiger partial charge >= 0.3 is 0 Å². The Labute approximate surface area is 348 Å². The van der Waals surface area contributed by atoms with Gasteiger partial charge in [-0.2, -0.15) is 0 Å². The fourth-order valence-electron chi connectivity index (χ4n) is 7.13. The number of carbonyl (C=O) groups excluding carboxylic acids is 2. The molecular weight excluding hydrogens is 776 g/mol. The Morgan fingerprint density at radius 2 is 1.50 bits per heavy atom. The van der Waals surface area contributed by atoms with Gasteiger partial charge in [0.25, 0.3) is 0 Å². The number of aliphatic imine (C=N–C) groups is 1. The topological polar surface area (TPSA) is 139 Å². The normalized spacial score (nSPS) is 14.5. The van der Waals surface area contributed by atoms with Gasteiger partial charge in [0.2, 0.25) is 0 Å². The lowest BCUT2D eigenvalue weighted by Gasteiger charge is -2.12. The van der Waals surface area contributed by atoms with E-state index < -0.39 is 6.04 Å². The van der Waals surface area contributed by atoms with Gasteiger partial charge in [-0.3, -0.25) is 19.1 Å². The lowest BCUT2D eigenvalue weighted by molar-refractivity contribution is -0.120. The highest BCUT2D eigenvalue weighted by molar-refractivity contribution is 7.15. The van der Waals surface area contributed by atoms with Crippen LogP contribution in [0.4, 0.5) is 5.82 Å². The Bertz CT molecular complexity index is 2240. The van der Waals surface area contributed by atoms with Crippen LogP contribution in [0.25, 0.3) is 16.1 Å². The number of benzene rings is 2. The molecule has 7 rings (SSSR count). The number of rotatable bonds is 21. The lowest BCUT2D eigenvalue weighted by atomic mass is 9.99. The molecule has 0 fully saturated rings. The molecule has 304 valence electrons. The van der Waals surface area contributed by atoms with E-state index in [1.165, 1.54) is 4.88 Å². The number of Topliss-reactive ketones (excluding diaryl/α,β-unsaturated/α-hetero) is 2. The van der Waals surface area contributed by atoms with Crippen LogP contribution in [0.1, 0.15) is 69.6 Å². The molecule has 12 nitrogen and oxygen atoms in total. The minimum Gasteiger partial charge on any atom is -0.379 e. The van der Waals surface area contributed by atoms with Crippen LogP contribution in [0, 0.1) is 20.8 Å². The summed E-state index contributed by atoms with van der Waals surface area (Å²) in [6.07, 6.45) is 4.13. The molecular formula is C44H49ClN6O6S. The van der Waals surface area contributed by atoms with Crippen LogP contribution in [0.2, 0.25) is 5.02 Å². The van der Waals surface area contributed by atoms with E-state index in [4.69, 9.17) is 35.5 Å². The highest BCUT2D eigenvalue weighted by Gasteiger charge is 2.32. The summed E-state index contributed by atoms with van der Waals surface area (Å²) in [5.41, 5.74) is 8.34. The van der Waals surface area contributed by atoms with Gasteiger partial charge in [-0.15, -0.1) is 21.5 Å². The van der Waals surface area contributed by atoms with Crippen molar-refractivity contribution in [3.8, 4) is 16.1 Å². The molecule has 1 aliphatic heterocycles. The molecule has 58 heavy (non-hydrogen) atoms. The molecule has 1 atom stereocenters. The number of hydrogen-bond acceptors (Lipinski definition) is 12. The van der Waals surface area contributed by atoms with Gasteiger partial charge < -0.3 is 24.3 Å². The second-order valence-electron chi connectivity index (χ2n) is 14.4. The van der Waals surface area contributed by atoms with E-state index in [2.05, 4.69) is 51.0 Å². The number of thiophene rings is 1. The third kappa shape index (κ3) is 10.3. The predicted octanol–water partition coefficient (Wildman–Crippen LogP) is 7.45. The molecule has 1 N–H and O–H groups in total. The molecule has 1 aliphatic carbocycles. The number of carbonyl (C=O) groups is 2. The van der Waals surface area contributed by atoms with E-state index in [0.29, 0.717) is 95.9 Å². The van der Waals surface area contributed by atoms with Crippen molar-refractivity contribution in [2.24, 2.45) is 4.99 Å². The quantitative estimate of drug-likeness (QED) is 0.0743. The Morgan fingerprint density at radius 3 is 2.22 bits per heavy atom. The Hall–Kier alpha value is -4.63. The largest absolute Gasteiger partial charge is 0.379 e. The maximum Gasteiger partial charge on any atom is 0.163 e. The Balaban J connectivity index is 0.731. The summed E-state index contributed by atoms with van der Waals surface area (Å²) in [6.45, 7) is 10.6. The average Bonchev–Trinajstić information content (AvgIpc) is 3.86. The second-order valence-corrected chi connectivity index (χ2v) is 16.1. The van der Waals surface area contributed by atoms with Crippen LogP contribution in [0.15, 0.2) is 65.8 Å². The van der Waals surface area contributed by atoms with Crippen LogP contribution in [-0.4, -0.2) is 96.4 Å². The van der Waals surface area contributed by atoms with Gasteiger partial charge in [0, 0.05) is 71.6 Å². The van der Waals surface area contributed by atoms with Crippen molar-refractivity contribution < 1.29 is 28.5 Å². The highest BCUT2D eigenvalue weighted by atomic mass is 35.5. The van der Waals surface area contributed by atoms with Crippen LogP contribution in [0.5, 0.6) is 0 Å². The first kappa shape index (κ1) is 41.5. The minimum atomic E-state index is -0.469. The third-order valence-electron chi connectivity index (χ3n) is 10.3. The predicted molar refractivity (Wildman–Crippen MR) is 226 cm³/mol. The zero-order chi connectivity index (χ0) is 40.4. The van der Waals surface area contributed by atoms with E-state index in [1.807, 2.05) is 55.6 Å². The van der Waals surface area contributed by atoms with Crippen LogP contribution >= 0.6 is 22.9 Å². The zero-order valence-electron chi connectivity index (χ0n) is 33.2. The Kier molecular flexibility index (Phi) is 14.2. The summed E-state index contributed by atoms with van der Waals surface area (Å²) < 4.78 is 24.7. The number of ether oxygens (including phenoxy) is 4. The number of aryl methyl sites for hydroxylation is 2. The number of hydrogen-bond donors (Lipinski definition) is 1. The molecule has 3 aromatic heterocycles. The van der Waals surface area contributed by atoms with Crippen LogP contribution in [-0.2, 0) is 41.4 Å². The van der Waals surface area contributed by atoms with Crippen LogP contribution < -0.4 is 5.32 Å². The molecule has 2 aliphatic rings. The summed E-state index contributed by atoms with van der Waals surface area (Å²) in [5, 5.41) is 13.8. The fourth-order valence-corrected chi connectivity index (χ4v) is 8.47. The molecule has 0 bridgehead atoms. The van der Waals surface area contributed by atoms with Crippen molar-refractivity contribution in [3.63, 3.8) is 0 Å². The number of fused-ring (bicyclic) bond motifs is 4. The lowest BCUT2D eigenvalue weighted by Crippen LogP contribution is -2.15. The molecule has 5 aromatic rings. The molecule has 0 unspecified atom stereocenters. The molecule has 0 saturated heterocycles. The number of nitrogens with one attached hydrogen (secondary N) is 1. The minimum absolute atomic E-state index is 0.0986. The number of aromatic nitrogens is 4. The number of ketones is 2. The van der Waals surface area contributed by atoms with Crippen molar-refractivity contribution in [1.82, 2.24) is 19.7 Å². The van der Waals surface area contributed by atoms with E-state index in [1.54, 1.807) is 11.3 Å². The smallest absolute Gasteiger partial charge is 0.163 e. The summed E-state index contributed by atoms with van der Waals surface area (Å²) in [7, 11) is 0. The maximum atomic E-state index is 13.3. The van der Waals surface area contributed by atoms with Crippen molar-refractivity contribution in [2.75, 3.05) is 64.7 Å². The zero-order valence-corrected chi connectivity index (χ0v) is 34.8. The van der Waals surface area contributed by atoms with E-state index in [-0.39, 0.29) is 18.0 Å². The van der Waals surface area contributed by atoms with Crippen molar-refractivity contribution in [2.45, 2.75) is 58.9 Å². The second kappa shape index (κ2) is 19.9. The maximum absolute atomic E-state index is 13.3. The SMILES string of the molecule is Cc1sc2c(c1C)C(c1ccc(Cl)cc1)=N[C@@H](CC(=O)CCCOCCOCCOCCOCCNc1ccc(-c3ccc4c(c3)CC(=O)C4)cn1)c1nnc(C)n1-2. The molecule has 0 spiro atoms. The number of nitrogens with zero attached hydrogens (tertiary/aromatic N) is 5. The summed E-state index contributed by atoms with van der Waals surface area (Å²) in [6, 6.07) is 17.4. The molecule has 4 heterocycles. The summed E-state index contributed by atoms with van der Waals surface area (Å²) >= 11 is 7.92. The van der Waals surface area contributed by atoms with Gasteiger partial charge in [0.15, 0.2) is 5.82 Å². The van der Waals surface area contributed by atoms with Crippen molar-refractivity contribution in [1.29, 1.82) is 0 Å². The molecule has 0 saturated carbocycles. The molecule has 0 amide bonds. The molecule has 2 aromatic carbocycles. The van der Waals surface area contributed by atoms with E-state index in [9.17, 15) is 9.59 Å². The standard InChI is InChI=1S/C44H49ClN6O6S/c1-28-29(2)58-44-41(28)42(31-8-11-36(45)12-9-31)48-39(43-50-49-30(3)51(43)44)26-37(52)5-4-15-54-17-19-56-21-22-57-20-18-55-16-14-46-40-13-10-34(27-47-40)32-6-7-33-24-38(53)25-35(33)23-32/h6-13,23,27,39H,4-5,14-22,24-26H2,1-3H3,(H,46,47)/t39-/m0/s1. The first-order valence-electron chi connectivity index (χ1n) is 19.8. The van der Waals surface area contributed by atoms with Gasteiger partial charge in [0.1, 0.15) is 34.3 Å². The summed E-state index contributed by atoms with van der Waals surface area (Å²) in [4.78, 5) is 35.9. The number of anilines is 1. The van der Waals surface area contributed by atoms with Crippen molar-refractivity contribution in [3.05, 3.63) is 110 Å². The van der Waals surface area contributed by atoms with E-state index in [0.717, 1.165) is 61.3 Å². The molecule has 0 radical (unpaired) electrons. The van der Waals surface area contributed by atoms with E-state index >= 15 is 0 Å². The number of pyridine rings is 1. The third-order valence-corrected chi connectivity index (χ3v) is 11.7. The first-order valence-corrected chi connectivity index (χ1v) is 21.0. The monoisotopic (exact) mass is 824 g/mol. The average molecular weight is 825 g/mol.